The van der Waals surface area contributed by atoms with Crippen molar-refractivity contribution in [3.8, 4) is 34.5 Å². The van der Waals surface area contributed by atoms with Gasteiger partial charge in [0.1, 0.15) is 35.0 Å². The first-order valence-electron chi connectivity index (χ1n) is 11.5. The smallest absolute Gasteiger partial charge is 0.421 e. The van der Waals surface area contributed by atoms with Crippen LogP contribution < -0.4 is 15.0 Å². The number of benzene rings is 2. The van der Waals surface area contributed by atoms with Gasteiger partial charge < -0.3 is 14.6 Å². The summed E-state index contributed by atoms with van der Waals surface area (Å²) in [4.78, 5) is 35.3. The first kappa shape index (κ1) is 27.2. The van der Waals surface area contributed by atoms with Gasteiger partial charge in [0.2, 0.25) is 11.8 Å². The third-order valence-corrected chi connectivity index (χ3v) is 5.68. The predicted molar refractivity (Wildman–Crippen MR) is 133 cm³/mol. The van der Waals surface area contributed by atoms with Crippen LogP contribution in [0.25, 0.3) is 27.8 Å². The van der Waals surface area contributed by atoms with Crippen molar-refractivity contribution in [1.29, 1.82) is 0 Å². The van der Waals surface area contributed by atoms with E-state index in [0.717, 1.165) is 36.8 Å². The third kappa shape index (κ3) is 5.66. The Kier molecular flexibility index (Phi) is 7.05. The molecule has 41 heavy (non-hydrogen) atoms. The SMILES string of the molecule is O=C(O)COc1ccc(-n2cnc(=O)c3cc(Oc4ncccc4C(F)(F)F)ccc32)c(-c2ccc(F)cc2F)n1. The molecule has 0 aliphatic carbocycles. The summed E-state index contributed by atoms with van der Waals surface area (Å²) in [5, 5.41) is 8.84. The molecule has 1 N–H and O–H groups in total. The monoisotopic (exact) mass is 570 g/mol. The average Bonchev–Trinajstić information content (AvgIpc) is 2.92. The van der Waals surface area contributed by atoms with Crippen molar-refractivity contribution in [1.82, 2.24) is 19.5 Å². The van der Waals surface area contributed by atoms with Crippen LogP contribution in [0.5, 0.6) is 17.5 Å². The number of halogens is 5. The molecule has 14 heteroatoms. The Morgan fingerprint density at radius 3 is 2.54 bits per heavy atom. The molecule has 0 saturated heterocycles. The van der Waals surface area contributed by atoms with Crippen LogP contribution in [-0.4, -0.2) is 37.2 Å². The standard InChI is InChI=1S/C27H15F5N4O5/c28-14-3-5-16(19(29)10-14)24-21(7-8-22(35-24)40-12-23(37)38)36-13-34-25(39)17-11-15(4-6-20(17)36)41-26-18(27(30,31)32)2-1-9-33-26/h1-11,13H,12H2,(H,37,38). The van der Waals surface area contributed by atoms with Gasteiger partial charge in [0, 0.05) is 23.9 Å². The largest absolute Gasteiger partial charge is 0.479 e. The highest BCUT2D eigenvalue weighted by atomic mass is 19.4. The molecule has 0 spiro atoms. The van der Waals surface area contributed by atoms with Gasteiger partial charge in [-0.2, -0.15) is 18.2 Å². The molecule has 0 atom stereocenters. The van der Waals surface area contributed by atoms with E-state index in [4.69, 9.17) is 14.6 Å². The number of nitrogens with zero attached hydrogens (tertiary/aromatic N) is 4. The molecule has 0 aliphatic rings. The Labute approximate surface area is 226 Å². The van der Waals surface area contributed by atoms with Crippen molar-refractivity contribution in [3.05, 3.63) is 101 Å². The maximum absolute atomic E-state index is 14.8. The van der Waals surface area contributed by atoms with Crippen LogP contribution in [0, 0.1) is 11.6 Å². The Morgan fingerprint density at radius 2 is 1.80 bits per heavy atom. The molecule has 5 rings (SSSR count). The molecular formula is C27H15F5N4O5. The van der Waals surface area contributed by atoms with E-state index in [2.05, 4.69) is 15.0 Å². The van der Waals surface area contributed by atoms with Gasteiger partial charge in [0.15, 0.2) is 6.61 Å². The van der Waals surface area contributed by atoms with E-state index < -0.39 is 47.4 Å². The van der Waals surface area contributed by atoms with E-state index in [0.29, 0.717) is 6.07 Å². The van der Waals surface area contributed by atoms with Crippen molar-refractivity contribution in [3.63, 3.8) is 0 Å². The Morgan fingerprint density at radius 1 is 1.00 bits per heavy atom. The van der Waals surface area contributed by atoms with Crippen LogP contribution in [0.4, 0.5) is 22.0 Å². The summed E-state index contributed by atoms with van der Waals surface area (Å²) in [6.45, 7) is -0.741. The van der Waals surface area contributed by atoms with Gasteiger partial charge in [-0.1, -0.05) is 0 Å². The highest BCUT2D eigenvalue weighted by Crippen LogP contribution is 2.37. The number of aromatic nitrogens is 4. The van der Waals surface area contributed by atoms with E-state index in [9.17, 15) is 31.5 Å². The number of carboxylic acids is 1. The number of carbonyl (C=O) groups is 1. The van der Waals surface area contributed by atoms with Crippen LogP contribution in [-0.2, 0) is 11.0 Å². The minimum atomic E-state index is -4.74. The number of carboxylic acid groups (broad SMARTS) is 1. The van der Waals surface area contributed by atoms with Gasteiger partial charge in [-0.25, -0.2) is 23.5 Å². The van der Waals surface area contributed by atoms with Gasteiger partial charge in [0.25, 0.3) is 5.56 Å². The first-order chi connectivity index (χ1) is 19.5. The number of fused-ring (bicyclic) bond motifs is 1. The zero-order chi connectivity index (χ0) is 29.3. The van der Waals surface area contributed by atoms with Crippen molar-refractivity contribution < 1.29 is 41.3 Å². The molecule has 0 amide bonds. The molecular weight excluding hydrogens is 555 g/mol. The molecule has 3 aromatic heterocycles. The molecule has 2 aromatic carbocycles. The highest BCUT2D eigenvalue weighted by molar-refractivity contribution is 5.83. The minimum absolute atomic E-state index is 0.0776. The van der Waals surface area contributed by atoms with Gasteiger partial charge >= 0.3 is 12.1 Å². The summed E-state index contributed by atoms with van der Waals surface area (Å²) in [6, 6.07) is 11.2. The number of rotatable bonds is 7. The van der Waals surface area contributed by atoms with E-state index in [1.165, 1.54) is 34.9 Å². The average molecular weight is 570 g/mol. The Bertz CT molecular complexity index is 1860. The zero-order valence-electron chi connectivity index (χ0n) is 20.4. The van der Waals surface area contributed by atoms with Crippen molar-refractivity contribution in [2.45, 2.75) is 6.18 Å². The summed E-state index contributed by atoms with van der Waals surface area (Å²) >= 11 is 0. The quantitative estimate of drug-likeness (QED) is 0.259. The van der Waals surface area contributed by atoms with Crippen molar-refractivity contribution in [2.75, 3.05) is 6.61 Å². The second kappa shape index (κ2) is 10.6. The third-order valence-electron chi connectivity index (χ3n) is 5.68. The van der Waals surface area contributed by atoms with Crippen molar-refractivity contribution >= 4 is 16.9 Å². The van der Waals surface area contributed by atoms with Crippen LogP contribution in [0.1, 0.15) is 5.56 Å². The topological polar surface area (TPSA) is 116 Å². The number of alkyl halides is 3. The normalized spacial score (nSPS) is 11.4. The van der Waals surface area contributed by atoms with Crippen LogP contribution in [0.3, 0.4) is 0 Å². The highest BCUT2D eigenvalue weighted by Gasteiger charge is 2.35. The molecule has 0 fully saturated rings. The van der Waals surface area contributed by atoms with E-state index in [1.54, 1.807) is 0 Å². The second-order valence-electron chi connectivity index (χ2n) is 8.38. The maximum atomic E-state index is 14.8. The summed E-state index contributed by atoms with van der Waals surface area (Å²) in [5.41, 5.74) is -1.84. The number of pyridine rings is 2. The lowest BCUT2D eigenvalue weighted by molar-refractivity contribution is -0.140. The van der Waals surface area contributed by atoms with Gasteiger partial charge in [-0.3, -0.25) is 9.36 Å². The summed E-state index contributed by atoms with van der Waals surface area (Å²) in [5.74, 6) is -4.17. The lowest BCUT2D eigenvalue weighted by Gasteiger charge is -2.16. The fourth-order valence-electron chi connectivity index (χ4n) is 3.92. The number of hydrogen-bond acceptors (Lipinski definition) is 7. The molecule has 208 valence electrons. The van der Waals surface area contributed by atoms with Crippen LogP contribution in [0.15, 0.2) is 78.0 Å². The number of ether oxygens (including phenoxy) is 2. The second-order valence-corrected chi connectivity index (χ2v) is 8.38. The molecule has 0 saturated carbocycles. The summed E-state index contributed by atoms with van der Waals surface area (Å²) < 4.78 is 80.4. The van der Waals surface area contributed by atoms with Gasteiger partial charge in [0.05, 0.1) is 16.6 Å². The molecule has 3 heterocycles. The maximum Gasteiger partial charge on any atom is 0.421 e. The molecule has 0 radical (unpaired) electrons. The first-order valence-corrected chi connectivity index (χ1v) is 11.5. The summed E-state index contributed by atoms with van der Waals surface area (Å²) in [7, 11) is 0. The molecule has 0 unspecified atom stereocenters. The van der Waals surface area contributed by atoms with Gasteiger partial charge in [-0.15, -0.1) is 0 Å². The number of hydrogen-bond donors (Lipinski definition) is 1. The van der Waals surface area contributed by atoms with E-state index in [1.807, 2.05) is 0 Å². The molecule has 0 aliphatic heterocycles. The zero-order valence-corrected chi connectivity index (χ0v) is 20.4. The fraction of sp³-hybridized carbons (Fsp3) is 0.0741. The Balaban J connectivity index is 1.64. The van der Waals surface area contributed by atoms with E-state index in [-0.39, 0.29) is 39.5 Å². The molecule has 5 aromatic rings. The Hall–Kier alpha value is -5.40. The molecule has 0 bridgehead atoms. The van der Waals surface area contributed by atoms with Crippen LogP contribution >= 0.6 is 0 Å². The van der Waals surface area contributed by atoms with E-state index >= 15 is 0 Å². The van der Waals surface area contributed by atoms with Crippen molar-refractivity contribution in [2.24, 2.45) is 0 Å². The summed E-state index contributed by atoms with van der Waals surface area (Å²) in [6.07, 6.45) is -2.51. The fourth-order valence-corrected chi connectivity index (χ4v) is 3.92. The van der Waals surface area contributed by atoms with Gasteiger partial charge in [-0.05, 0) is 48.5 Å². The predicted octanol–water partition coefficient (Wildman–Crippen LogP) is 5.40. The lowest BCUT2D eigenvalue weighted by Crippen LogP contribution is -2.14. The molecule has 9 nitrogen and oxygen atoms in total. The lowest BCUT2D eigenvalue weighted by atomic mass is 10.1. The van der Waals surface area contributed by atoms with Crippen LogP contribution in [0.2, 0.25) is 0 Å². The number of aliphatic carboxylic acids is 1. The minimum Gasteiger partial charge on any atom is -0.479 e.